The third kappa shape index (κ3) is 3.64. The normalized spacial score (nSPS) is 16.9. The third-order valence-electron chi connectivity index (χ3n) is 7.00. The molecule has 0 fully saturated rings. The fourth-order valence-corrected chi connectivity index (χ4v) is 6.86. The highest BCUT2D eigenvalue weighted by Gasteiger charge is 2.36. The zero-order valence-corrected chi connectivity index (χ0v) is 20.6. The lowest BCUT2D eigenvalue weighted by Crippen LogP contribution is -2.38. The summed E-state index contributed by atoms with van der Waals surface area (Å²) in [5, 5.41) is 5.05. The second-order valence-corrected chi connectivity index (χ2v) is 10.6. The van der Waals surface area contributed by atoms with Gasteiger partial charge in [-0.3, -0.25) is 0 Å². The summed E-state index contributed by atoms with van der Waals surface area (Å²) in [7, 11) is 0. The number of carbonyl (C=O) groups is 1. The van der Waals surface area contributed by atoms with Crippen LogP contribution in [0.4, 0.5) is 10.5 Å². The van der Waals surface area contributed by atoms with Crippen LogP contribution < -0.4 is 5.32 Å². The molecule has 3 heterocycles. The molecule has 1 atom stereocenters. The van der Waals surface area contributed by atoms with Gasteiger partial charge in [0.15, 0.2) is 0 Å². The van der Waals surface area contributed by atoms with Gasteiger partial charge in [-0.25, -0.2) is 4.79 Å². The molecule has 0 bridgehead atoms. The topological polar surface area (TPSA) is 37.3 Å². The Morgan fingerprint density at radius 2 is 1.85 bits per heavy atom. The molecule has 34 heavy (non-hydrogen) atoms. The molecule has 0 saturated heterocycles. The molecule has 2 amide bonds. The van der Waals surface area contributed by atoms with E-state index in [9.17, 15) is 4.79 Å². The molecule has 0 spiro atoms. The van der Waals surface area contributed by atoms with Gasteiger partial charge >= 0.3 is 6.03 Å². The van der Waals surface area contributed by atoms with Crippen molar-refractivity contribution in [2.75, 3.05) is 5.32 Å². The van der Waals surface area contributed by atoms with E-state index in [1.54, 1.807) is 0 Å². The van der Waals surface area contributed by atoms with Crippen LogP contribution in [0.1, 0.15) is 51.7 Å². The van der Waals surface area contributed by atoms with Crippen LogP contribution in [0.3, 0.4) is 0 Å². The van der Waals surface area contributed by atoms with Crippen molar-refractivity contribution in [3.8, 4) is 5.00 Å². The van der Waals surface area contributed by atoms with Crippen LogP contribution in [0, 0.1) is 6.92 Å². The number of benzene rings is 2. The first-order valence-corrected chi connectivity index (χ1v) is 13.0. The Bertz CT molecular complexity index is 1370. The monoisotopic (exact) mass is 487 g/mol. The Hall–Kier alpha value is -3.02. The van der Waals surface area contributed by atoms with Gasteiger partial charge < -0.3 is 14.8 Å². The molecule has 1 aliphatic heterocycles. The van der Waals surface area contributed by atoms with Crippen LogP contribution in [-0.4, -0.2) is 15.5 Å². The second-order valence-electron chi connectivity index (χ2n) is 9.13. The number of fused-ring (bicyclic) bond motifs is 5. The number of hydrogen-bond donors (Lipinski definition) is 1. The van der Waals surface area contributed by atoms with Gasteiger partial charge in [0.2, 0.25) is 0 Å². The van der Waals surface area contributed by atoms with Crippen LogP contribution in [0.5, 0.6) is 0 Å². The first-order chi connectivity index (χ1) is 16.6. The summed E-state index contributed by atoms with van der Waals surface area (Å²) in [6, 6.07) is 19.9. The largest absolute Gasteiger partial charge is 0.322 e. The van der Waals surface area contributed by atoms with E-state index in [4.69, 9.17) is 11.6 Å². The number of hydrogen-bond acceptors (Lipinski definition) is 2. The first kappa shape index (κ1) is 21.5. The van der Waals surface area contributed by atoms with Crippen LogP contribution >= 0.6 is 22.9 Å². The van der Waals surface area contributed by atoms with E-state index in [1.807, 2.05) is 59.6 Å². The highest BCUT2D eigenvalue weighted by molar-refractivity contribution is 7.15. The third-order valence-corrected chi connectivity index (χ3v) is 8.56. The SMILES string of the molecule is Cc1ccc(Cl)cc1NC(=O)N1Cc2c(sc3c2CCCC3)-n2cccc2[C@@H]1c1ccccc1. The highest BCUT2D eigenvalue weighted by atomic mass is 35.5. The van der Waals surface area contributed by atoms with Gasteiger partial charge in [-0.15, -0.1) is 11.3 Å². The van der Waals surface area contributed by atoms with E-state index < -0.39 is 0 Å². The predicted molar refractivity (Wildman–Crippen MR) is 139 cm³/mol. The molecule has 4 aromatic rings. The highest BCUT2D eigenvalue weighted by Crippen LogP contribution is 2.44. The minimum atomic E-state index is -0.200. The molecular weight excluding hydrogens is 462 g/mol. The fourth-order valence-electron chi connectivity index (χ4n) is 5.29. The molecule has 6 rings (SSSR count). The van der Waals surface area contributed by atoms with Crippen LogP contribution in [0.25, 0.3) is 5.00 Å². The smallest absolute Gasteiger partial charge is 0.310 e. The van der Waals surface area contributed by atoms with E-state index >= 15 is 0 Å². The number of anilines is 1. The molecule has 2 aromatic carbocycles. The summed E-state index contributed by atoms with van der Waals surface area (Å²) in [6.45, 7) is 2.56. The number of nitrogens with zero attached hydrogens (tertiary/aromatic N) is 2. The number of aromatic nitrogens is 1. The van der Waals surface area contributed by atoms with Crippen LogP contribution in [0.15, 0.2) is 66.9 Å². The van der Waals surface area contributed by atoms with Crippen molar-refractivity contribution in [2.45, 2.75) is 45.2 Å². The maximum Gasteiger partial charge on any atom is 0.322 e. The van der Waals surface area contributed by atoms with Crippen molar-refractivity contribution in [1.82, 2.24) is 9.47 Å². The van der Waals surface area contributed by atoms with Crippen molar-refractivity contribution in [3.63, 3.8) is 0 Å². The lowest BCUT2D eigenvalue weighted by atomic mass is 9.95. The van der Waals surface area contributed by atoms with Crippen molar-refractivity contribution >= 4 is 34.7 Å². The summed E-state index contributed by atoms with van der Waals surface area (Å²) in [4.78, 5) is 17.4. The Balaban J connectivity index is 1.50. The standard InChI is InChI=1S/C28H26ClN3OS/c1-18-13-14-20(29)16-23(18)30-28(33)32-17-22-21-10-5-6-12-25(21)34-27(22)31-15-7-11-24(31)26(32)19-8-3-2-4-9-19/h2-4,7-9,11,13-16,26H,5-6,10,12,17H2,1H3,(H,30,33)/t26-/m0/s1. The van der Waals surface area contributed by atoms with E-state index in [2.05, 4.69) is 40.3 Å². The molecule has 6 heteroatoms. The maximum atomic E-state index is 14.0. The summed E-state index contributed by atoms with van der Waals surface area (Å²) in [6.07, 6.45) is 6.84. The number of nitrogens with one attached hydrogen (secondary N) is 1. The Kier molecular flexibility index (Phi) is 5.47. The fraction of sp³-hybridized carbons (Fsp3) is 0.250. The molecule has 0 unspecified atom stereocenters. The first-order valence-electron chi connectivity index (χ1n) is 11.8. The number of halogens is 1. The molecule has 2 aliphatic rings. The second kappa shape index (κ2) is 8.64. The van der Waals surface area contributed by atoms with Gasteiger partial charge in [0, 0.05) is 27.3 Å². The molecular formula is C28H26ClN3OS. The number of urea groups is 1. The Morgan fingerprint density at radius 3 is 2.71 bits per heavy atom. The lowest BCUT2D eigenvalue weighted by Gasteiger charge is -2.31. The van der Waals surface area contributed by atoms with E-state index in [0.29, 0.717) is 11.6 Å². The van der Waals surface area contributed by atoms with Gasteiger partial charge in [0.05, 0.1) is 18.3 Å². The zero-order chi connectivity index (χ0) is 23.2. The van der Waals surface area contributed by atoms with E-state index in [0.717, 1.165) is 35.3 Å². The summed E-state index contributed by atoms with van der Waals surface area (Å²) >= 11 is 8.16. The van der Waals surface area contributed by atoms with Crippen LogP contribution in [0.2, 0.25) is 5.02 Å². The van der Waals surface area contributed by atoms with Crippen molar-refractivity contribution in [1.29, 1.82) is 0 Å². The van der Waals surface area contributed by atoms with Crippen molar-refractivity contribution in [3.05, 3.63) is 105 Å². The minimum Gasteiger partial charge on any atom is -0.310 e. The number of aryl methyl sites for hydroxylation is 2. The van der Waals surface area contributed by atoms with E-state index in [1.165, 1.54) is 33.8 Å². The summed E-state index contributed by atoms with van der Waals surface area (Å²) in [5.41, 5.74) is 6.70. The molecule has 1 aliphatic carbocycles. The number of carbonyl (C=O) groups excluding carboxylic acids is 1. The number of thiophene rings is 1. The molecule has 0 saturated carbocycles. The number of amides is 2. The van der Waals surface area contributed by atoms with Gasteiger partial charge in [0.25, 0.3) is 0 Å². The zero-order valence-electron chi connectivity index (χ0n) is 19.1. The minimum absolute atomic E-state index is 0.115. The lowest BCUT2D eigenvalue weighted by molar-refractivity contribution is 0.194. The summed E-state index contributed by atoms with van der Waals surface area (Å²) in [5.74, 6) is 0. The molecule has 172 valence electrons. The quantitative estimate of drug-likeness (QED) is 0.312. The Morgan fingerprint density at radius 1 is 1.03 bits per heavy atom. The van der Waals surface area contributed by atoms with Gasteiger partial charge in [-0.2, -0.15) is 0 Å². The average molecular weight is 488 g/mol. The maximum absolute atomic E-state index is 14.0. The molecule has 1 N–H and O–H groups in total. The average Bonchev–Trinajstić information content (AvgIpc) is 3.44. The van der Waals surface area contributed by atoms with Crippen molar-refractivity contribution < 1.29 is 4.79 Å². The van der Waals surface area contributed by atoms with E-state index in [-0.39, 0.29) is 12.1 Å². The van der Waals surface area contributed by atoms with Crippen LogP contribution in [-0.2, 0) is 19.4 Å². The van der Waals surface area contributed by atoms with Gasteiger partial charge in [-0.1, -0.05) is 48.0 Å². The van der Waals surface area contributed by atoms with Crippen molar-refractivity contribution in [2.24, 2.45) is 0 Å². The van der Waals surface area contributed by atoms with Gasteiger partial charge in [0.1, 0.15) is 5.00 Å². The van der Waals surface area contributed by atoms with Gasteiger partial charge in [-0.05, 0) is 73.6 Å². The predicted octanol–water partition coefficient (Wildman–Crippen LogP) is 7.52. The molecule has 0 radical (unpaired) electrons. The summed E-state index contributed by atoms with van der Waals surface area (Å²) < 4.78 is 2.31. The molecule has 4 nitrogen and oxygen atoms in total. The molecule has 2 aromatic heterocycles. The number of rotatable bonds is 2. The Labute approximate surface area is 208 Å².